The van der Waals surface area contributed by atoms with Crippen molar-refractivity contribution in [3.05, 3.63) is 35.4 Å². The Morgan fingerprint density at radius 2 is 2.05 bits per heavy atom. The van der Waals surface area contributed by atoms with Crippen molar-refractivity contribution in [2.75, 3.05) is 11.5 Å². The van der Waals surface area contributed by atoms with Gasteiger partial charge in [-0.1, -0.05) is 24.3 Å². The topological polar surface area (TPSA) is 66.4 Å². The average molecular weight is 279 g/mol. The molecule has 1 heterocycles. The minimum Gasteiger partial charge on any atom is -0.481 e. The van der Waals surface area contributed by atoms with Crippen LogP contribution in [0.1, 0.15) is 17.5 Å². The summed E-state index contributed by atoms with van der Waals surface area (Å²) in [6, 6.07) is 7.33. The number of benzene rings is 1. The smallest absolute Gasteiger partial charge is 0.307 e. The molecule has 0 bridgehead atoms. The fourth-order valence-electron chi connectivity index (χ4n) is 2.13. The van der Waals surface area contributed by atoms with Crippen LogP contribution in [-0.4, -0.2) is 28.5 Å². The van der Waals surface area contributed by atoms with Gasteiger partial charge in [0.2, 0.25) is 5.91 Å². The zero-order valence-corrected chi connectivity index (χ0v) is 11.4. The van der Waals surface area contributed by atoms with Crippen molar-refractivity contribution in [3.63, 3.8) is 0 Å². The second-order valence-corrected chi connectivity index (χ2v) is 5.77. The Kier molecular flexibility index (Phi) is 4.85. The van der Waals surface area contributed by atoms with E-state index in [1.165, 1.54) is 0 Å². The van der Waals surface area contributed by atoms with E-state index in [-0.39, 0.29) is 18.2 Å². The fraction of sp³-hybridized carbons (Fsp3) is 0.429. The van der Waals surface area contributed by atoms with Crippen LogP contribution < -0.4 is 5.32 Å². The summed E-state index contributed by atoms with van der Waals surface area (Å²) >= 11 is 1.81. The number of aliphatic carboxylic acids is 1. The molecule has 1 amide bonds. The lowest BCUT2D eigenvalue weighted by molar-refractivity contribution is -0.136. The van der Waals surface area contributed by atoms with E-state index in [4.69, 9.17) is 5.11 Å². The monoisotopic (exact) mass is 279 g/mol. The maximum atomic E-state index is 11.9. The summed E-state index contributed by atoms with van der Waals surface area (Å²) in [4.78, 5) is 22.7. The molecule has 0 radical (unpaired) electrons. The molecule has 1 atom stereocenters. The number of amides is 1. The first-order valence-corrected chi connectivity index (χ1v) is 7.46. The first kappa shape index (κ1) is 13.9. The summed E-state index contributed by atoms with van der Waals surface area (Å²) in [7, 11) is 0. The van der Waals surface area contributed by atoms with Crippen LogP contribution >= 0.6 is 11.8 Å². The highest BCUT2D eigenvalue weighted by atomic mass is 32.2. The van der Waals surface area contributed by atoms with Crippen molar-refractivity contribution in [1.29, 1.82) is 0 Å². The van der Waals surface area contributed by atoms with Gasteiger partial charge in [0.15, 0.2) is 0 Å². The largest absolute Gasteiger partial charge is 0.481 e. The van der Waals surface area contributed by atoms with Crippen LogP contribution in [-0.2, 0) is 22.6 Å². The Morgan fingerprint density at radius 3 is 2.68 bits per heavy atom. The lowest BCUT2D eigenvalue weighted by Crippen LogP contribution is -2.30. The number of nitrogens with one attached hydrogen (secondary N) is 1. The first-order chi connectivity index (χ1) is 9.16. The van der Waals surface area contributed by atoms with Crippen LogP contribution in [0.25, 0.3) is 0 Å². The van der Waals surface area contributed by atoms with Gasteiger partial charge in [0.05, 0.1) is 6.42 Å². The van der Waals surface area contributed by atoms with Gasteiger partial charge < -0.3 is 10.4 Å². The van der Waals surface area contributed by atoms with E-state index in [1.807, 2.05) is 18.2 Å². The predicted octanol–water partition coefficient (Wildman–Crippen LogP) is 1.68. The molecule has 0 aliphatic carbocycles. The average Bonchev–Trinajstić information content (AvgIpc) is 2.90. The van der Waals surface area contributed by atoms with E-state index < -0.39 is 5.97 Å². The highest BCUT2D eigenvalue weighted by molar-refractivity contribution is 7.99. The number of carbonyl (C=O) groups excluding carboxylic acids is 1. The number of carboxylic acids is 1. The maximum Gasteiger partial charge on any atom is 0.307 e. The minimum absolute atomic E-state index is 0.00861. The molecule has 1 aliphatic rings. The predicted molar refractivity (Wildman–Crippen MR) is 75.1 cm³/mol. The Hall–Kier alpha value is -1.49. The molecule has 5 heteroatoms. The molecule has 4 nitrogen and oxygen atoms in total. The highest BCUT2D eigenvalue weighted by Crippen LogP contribution is 2.23. The summed E-state index contributed by atoms with van der Waals surface area (Å²) in [5.74, 6) is 1.27. The van der Waals surface area contributed by atoms with Crippen molar-refractivity contribution in [3.8, 4) is 0 Å². The molecule has 1 aromatic carbocycles. The number of carboxylic acid groups (broad SMARTS) is 1. The Bertz CT molecular complexity index is 470. The van der Waals surface area contributed by atoms with E-state index in [1.54, 1.807) is 17.8 Å². The zero-order chi connectivity index (χ0) is 13.7. The SMILES string of the molecule is O=C(O)Cc1ccccc1CNC(=O)C1CCSC1. The standard InChI is InChI=1S/C14H17NO3S/c16-13(17)7-10-3-1-2-4-11(10)8-15-14(18)12-5-6-19-9-12/h1-4,12H,5-9H2,(H,15,18)(H,16,17). The highest BCUT2D eigenvalue weighted by Gasteiger charge is 2.22. The van der Waals surface area contributed by atoms with Gasteiger partial charge in [0, 0.05) is 18.2 Å². The fourth-order valence-corrected chi connectivity index (χ4v) is 3.35. The first-order valence-electron chi connectivity index (χ1n) is 6.31. The Balaban J connectivity index is 1.94. The van der Waals surface area contributed by atoms with Crippen LogP contribution in [0.15, 0.2) is 24.3 Å². The number of carbonyl (C=O) groups is 2. The molecule has 1 fully saturated rings. The van der Waals surface area contributed by atoms with Gasteiger partial charge >= 0.3 is 5.97 Å². The molecular formula is C14H17NO3S. The third-order valence-corrected chi connectivity index (χ3v) is 4.38. The van der Waals surface area contributed by atoms with Crippen LogP contribution in [0, 0.1) is 5.92 Å². The van der Waals surface area contributed by atoms with Crippen molar-refractivity contribution >= 4 is 23.6 Å². The van der Waals surface area contributed by atoms with Gasteiger partial charge in [-0.25, -0.2) is 0 Å². The summed E-state index contributed by atoms with van der Waals surface area (Å²) < 4.78 is 0. The Morgan fingerprint density at radius 1 is 1.32 bits per heavy atom. The van der Waals surface area contributed by atoms with Crippen molar-refractivity contribution in [2.45, 2.75) is 19.4 Å². The molecular weight excluding hydrogens is 262 g/mol. The van der Waals surface area contributed by atoms with Gasteiger partial charge in [0.25, 0.3) is 0 Å². The zero-order valence-electron chi connectivity index (χ0n) is 10.6. The lowest BCUT2D eigenvalue weighted by Gasteiger charge is -2.12. The third kappa shape index (κ3) is 3.99. The summed E-state index contributed by atoms with van der Waals surface area (Å²) in [6.07, 6.45) is 0.929. The molecule has 0 saturated carbocycles. The lowest BCUT2D eigenvalue weighted by atomic mass is 10.0. The summed E-state index contributed by atoms with van der Waals surface area (Å²) in [5.41, 5.74) is 1.64. The van der Waals surface area contributed by atoms with Crippen LogP contribution in [0.5, 0.6) is 0 Å². The molecule has 0 aromatic heterocycles. The van der Waals surface area contributed by atoms with Gasteiger partial charge in [-0.2, -0.15) is 11.8 Å². The van der Waals surface area contributed by atoms with Gasteiger partial charge in [-0.15, -0.1) is 0 Å². The molecule has 0 spiro atoms. The van der Waals surface area contributed by atoms with Crippen LogP contribution in [0.2, 0.25) is 0 Å². The Labute approximate surface area is 116 Å². The van der Waals surface area contributed by atoms with E-state index >= 15 is 0 Å². The van der Waals surface area contributed by atoms with Gasteiger partial charge in [-0.3, -0.25) is 9.59 Å². The van der Waals surface area contributed by atoms with E-state index in [9.17, 15) is 9.59 Å². The molecule has 102 valence electrons. The number of thioether (sulfide) groups is 1. The minimum atomic E-state index is -0.856. The van der Waals surface area contributed by atoms with Gasteiger partial charge in [0.1, 0.15) is 0 Å². The normalized spacial score (nSPS) is 18.2. The van der Waals surface area contributed by atoms with E-state index in [2.05, 4.69) is 5.32 Å². The van der Waals surface area contributed by atoms with E-state index in [0.717, 1.165) is 29.1 Å². The number of hydrogen-bond acceptors (Lipinski definition) is 3. The van der Waals surface area contributed by atoms with Crippen LogP contribution in [0.3, 0.4) is 0 Å². The number of rotatable bonds is 5. The second kappa shape index (κ2) is 6.61. The molecule has 19 heavy (non-hydrogen) atoms. The van der Waals surface area contributed by atoms with Crippen molar-refractivity contribution in [1.82, 2.24) is 5.32 Å². The molecule has 1 unspecified atom stereocenters. The quantitative estimate of drug-likeness (QED) is 0.860. The number of hydrogen-bond donors (Lipinski definition) is 2. The summed E-state index contributed by atoms with van der Waals surface area (Å²) in [6.45, 7) is 0.406. The maximum absolute atomic E-state index is 11.9. The third-order valence-electron chi connectivity index (χ3n) is 3.21. The van der Waals surface area contributed by atoms with Crippen molar-refractivity contribution in [2.24, 2.45) is 5.92 Å². The van der Waals surface area contributed by atoms with Crippen LogP contribution in [0.4, 0.5) is 0 Å². The van der Waals surface area contributed by atoms with Crippen molar-refractivity contribution < 1.29 is 14.7 Å². The second-order valence-electron chi connectivity index (χ2n) is 4.62. The molecule has 1 aromatic rings. The molecule has 2 N–H and O–H groups in total. The molecule has 2 rings (SSSR count). The molecule has 1 saturated heterocycles. The van der Waals surface area contributed by atoms with E-state index in [0.29, 0.717) is 6.54 Å². The summed E-state index contributed by atoms with van der Waals surface area (Å²) in [5, 5.41) is 11.8. The van der Waals surface area contributed by atoms with Gasteiger partial charge in [-0.05, 0) is 23.3 Å². The molecule has 1 aliphatic heterocycles.